The molecular formula is C19H30N4O3S. The Hall–Kier alpha value is -1.67. The van der Waals surface area contributed by atoms with Crippen LogP contribution in [0.25, 0.3) is 0 Å². The summed E-state index contributed by atoms with van der Waals surface area (Å²) in [6.07, 6.45) is 3.50. The summed E-state index contributed by atoms with van der Waals surface area (Å²) in [5.74, 6) is 0.0256. The molecule has 7 nitrogen and oxygen atoms in total. The highest BCUT2D eigenvalue weighted by Crippen LogP contribution is 2.34. The van der Waals surface area contributed by atoms with Gasteiger partial charge in [0.05, 0.1) is 18.9 Å². The maximum atomic E-state index is 12.8. The first kappa shape index (κ1) is 20.1. The molecule has 1 aromatic rings. The topological polar surface area (TPSA) is 83.6 Å². The number of ether oxygens (including phenoxy) is 1. The van der Waals surface area contributed by atoms with Crippen LogP contribution in [0.1, 0.15) is 43.7 Å². The first-order chi connectivity index (χ1) is 12.9. The molecule has 0 spiro atoms. The number of anilines is 1. The van der Waals surface area contributed by atoms with E-state index in [9.17, 15) is 9.59 Å². The maximum absolute atomic E-state index is 12.8. The van der Waals surface area contributed by atoms with Gasteiger partial charge in [0.15, 0.2) is 5.13 Å². The number of carbonyl (C=O) groups excluding carboxylic acids is 2. The molecule has 1 aromatic heterocycles. The summed E-state index contributed by atoms with van der Waals surface area (Å²) in [6, 6.07) is 0. The summed E-state index contributed by atoms with van der Waals surface area (Å²) in [5.41, 5.74) is 0.682. The van der Waals surface area contributed by atoms with E-state index in [0.29, 0.717) is 19.3 Å². The fourth-order valence-corrected chi connectivity index (χ4v) is 4.68. The van der Waals surface area contributed by atoms with Crippen molar-refractivity contribution in [3.63, 3.8) is 0 Å². The molecule has 1 aliphatic carbocycles. The number of amides is 2. The molecule has 0 radical (unpaired) electrons. The van der Waals surface area contributed by atoms with Crippen molar-refractivity contribution in [1.29, 1.82) is 0 Å². The third-order valence-corrected chi connectivity index (χ3v) is 6.51. The second-order valence-electron chi connectivity index (χ2n) is 7.95. The number of fused-ring (bicyclic) bond motifs is 1. The van der Waals surface area contributed by atoms with Gasteiger partial charge in [0.1, 0.15) is 0 Å². The minimum Gasteiger partial charge on any atom is -0.378 e. The van der Waals surface area contributed by atoms with Gasteiger partial charge in [-0.05, 0) is 33.1 Å². The molecule has 0 saturated carbocycles. The van der Waals surface area contributed by atoms with Crippen molar-refractivity contribution in [2.24, 2.45) is 5.92 Å². The number of aromatic nitrogens is 1. The minimum atomic E-state index is -0.398. The monoisotopic (exact) mass is 394 g/mol. The van der Waals surface area contributed by atoms with Crippen molar-refractivity contribution in [2.75, 3.05) is 38.3 Å². The first-order valence-corrected chi connectivity index (χ1v) is 10.5. The Labute approximate surface area is 164 Å². The molecule has 2 heterocycles. The minimum absolute atomic E-state index is 0.00209. The summed E-state index contributed by atoms with van der Waals surface area (Å²) in [7, 11) is 1.63. The van der Waals surface area contributed by atoms with Crippen molar-refractivity contribution in [3.05, 3.63) is 10.6 Å². The SMILES string of the molecule is CNC(=O)CCC(C)(C)NC(=O)C1CCc2sc(N3CCOCC3)nc2C1. The van der Waals surface area contributed by atoms with Gasteiger partial charge in [-0.25, -0.2) is 4.98 Å². The average molecular weight is 395 g/mol. The van der Waals surface area contributed by atoms with Crippen molar-refractivity contribution in [3.8, 4) is 0 Å². The lowest BCUT2D eigenvalue weighted by Crippen LogP contribution is -2.47. The predicted octanol–water partition coefficient (Wildman–Crippen LogP) is 1.51. The molecular weight excluding hydrogens is 364 g/mol. The zero-order chi connectivity index (χ0) is 19.4. The van der Waals surface area contributed by atoms with Gasteiger partial charge in [0.2, 0.25) is 11.8 Å². The van der Waals surface area contributed by atoms with Crippen LogP contribution in [0.2, 0.25) is 0 Å². The highest BCUT2D eigenvalue weighted by atomic mass is 32.1. The number of hydrogen-bond donors (Lipinski definition) is 2. The van der Waals surface area contributed by atoms with Crippen molar-refractivity contribution < 1.29 is 14.3 Å². The van der Waals surface area contributed by atoms with E-state index >= 15 is 0 Å². The van der Waals surface area contributed by atoms with E-state index in [-0.39, 0.29) is 17.7 Å². The van der Waals surface area contributed by atoms with Crippen LogP contribution in [0.3, 0.4) is 0 Å². The normalized spacial score (nSPS) is 20.1. The second kappa shape index (κ2) is 8.56. The van der Waals surface area contributed by atoms with Crippen LogP contribution >= 0.6 is 11.3 Å². The molecule has 2 N–H and O–H groups in total. The van der Waals surface area contributed by atoms with E-state index in [4.69, 9.17) is 9.72 Å². The summed E-state index contributed by atoms with van der Waals surface area (Å²) in [5, 5.41) is 6.83. The number of hydrogen-bond acceptors (Lipinski definition) is 6. The quantitative estimate of drug-likeness (QED) is 0.764. The first-order valence-electron chi connectivity index (χ1n) is 9.72. The highest BCUT2D eigenvalue weighted by molar-refractivity contribution is 7.15. The van der Waals surface area contributed by atoms with Crippen LogP contribution in [-0.4, -0.2) is 55.7 Å². The number of nitrogens with zero attached hydrogens (tertiary/aromatic N) is 2. The summed E-state index contributed by atoms with van der Waals surface area (Å²) < 4.78 is 5.42. The van der Waals surface area contributed by atoms with Gasteiger partial charge in [-0.3, -0.25) is 9.59 Å². The lowest BCUT2D eigenvalue weighted by molar-refractivity contribution is -0.128. The summed E-state index contributed by atoms with van der Waals surface area (Å²) >= 11 is 1.77. The van der Waals surface area contributed by atoms with Crippen LogP contribution in [0.5, 0.6) is 0 Å². The van der Waals surface area contributed by atoms with Crippen LogP contribution in [0.4, 0.5) is 5.13 Å². The predicted molar refractivity (Wildman–Crippen MR) is 106 cm³/mol. The Morgan fingerprint density at radius 2 is 2.07 bits per heavy atom. The maximum Gasteiger partial charge on any atom is 0.223 e. The van der Waals surface area contributed by atoms with Gasteiger partial charge in [0.25, 0.3) is 0 Å². The number of carbonyl (C=O) groups is 2. The Morgan fingerprint density at radius 3 is 2.78 bits per heavy atom. The molecule has 1 atom stereocenters. The van der Waals surface area contributed by atoms with Gasteiger partial charge in [-0.1, -0.05) is 0 Å². The third kappa shape index (κ3) is 5.19. The van der Waals surface area contributed by atoms with Crippen molar-refractivity contribution >= 4 is 28.3 Å². The third-order valence-electron chi connectivity index (χ3n) is 5.30. The van der Waals surface area contributed by atoms with E-state index < -0.39 is 5.54 Å². The highest BCUT2D eigenvalue weighted by Gasteiger charge is 2.31. The fourth-order valence-electron chi connectivity index (χ4n) is 3.53. The zero-order valence-corrected chi connectivity index (χ0v) is 17.3. The Balaban J connectivity index is 1.57. The van der Waals surface area contributed by atoms with E-state index in [1.54, 1.807) is 18.4 Å². The second-order valence-corrected chi connectivity index (χ2v) is 9.01. The van der Waals surface area contributed by atoms with Crippen molar-refractivity contribution in [2.45, 2.75) is 51.5 Å². The molecule has 27 heavy (non-hydrogen) atoms. The van der Waals surface area contributed by atoms with Crippen LogP contribution in [0.15, 0.2) is 0 Å². The molecule has 150 valence electrons. The summed E-state index contributed by atoms with van der Waals surface area (Å²) in [4.78, 5) is 32.7. The van der Waals surface area contributed by atoms with E-state index in [2.05, 4.69) is 15.5 Å². The number of morpholine rings is 1. The molecule has 2 amide bonds. The van der Waals surface area contributed by atoms with Gasteiger partial charge < -0.3 is 20.3 Å². The Morgan fingerprint density at radius 1 is 1.33 bits per heavy atom. The van der Waals surface area contributed by atoms with Gasteiger partial charge in [0, 0.05) is 49.3 Å². The Kier molecular flexibility index (Phi) is 6.37. The molecule has 1 fully saturated rings. The lowest BCUT2D eigenvalue weighted by atomic mass is 9.88. The molecule has 1 aliphatic heterocycles. The number of nitrogens with one attached hydrogen (secondary N) is 2. The fraction of sp³-hybridized carbons (Fsp3) is 0.737. The number of aryl methyl sites for hydroxylation is 1. The largest absolute Gasteiger partial charge is 0.378 e. The molecule has 3 rings (SSSR count). The number of rotatable bonds is 6. The van der Waals surface area contributed by atoms with E-state index in [0.717, 1.165) is 50.0 Å². The molecule has 1 saturated heterocycles. The standard InChI is InChI=1S/C19H30N4O3S/c1-19(2,7-6-16(24)20-3)22-17(25)13-4-5-15-14(12-13)21-18(27-15)23-8-10-26-11-9-23/h13H,4-12H2,1-3H3,(H,20,24)(H,22,25). The van der Waals surface area contributed by atoms with Gasteiger partial charge in [-0.15, -0.1) is 11.3 Å². The smallest absolute Gasteiger partial charge is 0.223 e. The zero-order valence-electron chi connectivity index (χ0n) is 16.5. The summed E-state index contributed by atoms with van der Waals surface area (Å²) in [6.45, 7) is 7.22. The van der Waals surface area contributed by atoms with Crippen LogP contribution < -0.4 is 15.5 Å². The van der Waals surface area contributed by atoms with Crippen LogP contribution in [0, 0.1) is 5.92 Å². The van der Waals surface area contributed by atoms with E-state index in [1.165, 1.54) is 4.88 Å². The number of thiazole rings is 1. The molecule has 8 heteroatoms. The van der Waals surface area contributed by atoms with Crippen LogP contribution in [-0.2, 0) is 27.2 Å². The molecule has 2 aliphatic rings. The van der Waals surface area contributed by atoms with Gasteiger partial charge >= 0.3 is 0 Å². The van der Waals surface area contributed by atoms with Gasteiger partial charge in [-0.2, -0.15) is 0 Å². The molecule has 0 aromatic carbocycles. The average Bonchev–Trinajstić information content (AvgIpc) is 3.10. The Bertz CT molecular complexity index is 682. The lowest BCUT2D eigenvalue weighted by Gasteiger charge is -2.29. The van der Waals surface area contributed by atoms with E-state index in [1.807, 2.05) is 13.8 Å². The van der Waals surface area contributed by atoms with Crippen molar-refractivity contribution in [1.82, 2.24) is 15.6 Å². The molecule has 1 unspecified atom stereocenters. The molecule has 0 bridgehead atoms.